The summed E-state index contributed by atoms with van der Waals surface area (Å²) in [6.07, 6.45) is 0.405. The molecule has 1 aliphatic rings. The van der Waals surface area contributed by atoms with Crippen LogP contribution >= 0.6 is 0 Å². The number of fused-ring (bicyclic) bond motifs is 1. The minimum atomic E-state index is -0.598. The smallest absolute Gasteiger partial charge is 0.308 e. The normalized spacial score (nSPS) is 20.6. The molecule has 2 aromatic carbocycles. The van der Waals surface area contributed by atoms with Gasteiger partial charge in [-0.15, -0.1) is 0 Å². The Bertz CT molecular complexity index is 888. The lowest BCUT2D eigenvalue weighted by Gasteiger charge is -2.26. The number of ether oxygens (including phenoxy) is 1. The van der Waals surface area contributed by atoms with Crippen molar-refractivity contribution in [1.29, 1.82) is 0 Å². The van der Waals surface area contributed by atoms with Crippen molar-refractivity contribution in [3.05, 3.63) is 54.6 Å². The van der Waals surface area contributed by atoms with E-state index in [1.54, 1.807) is 0 Å². The van der Waals surface area contributed by atoms with E-state index in [1.165, 1.54) is 0 Å². The average Bonchev–Trinajstić information content (AvgIpc) is 2.98. The number of aliphatic hydroxyl groups is 1. The number of para-hydroxylation sites is 2. The van der Waals surface area contributed by atoms with Crippen molar-refractivity contribution in [3.63, 3.8) is 0 Å². The Balaban J connectivity index is 1.65. The SMILES string of the molecule is O=C1C[C@@H](O)C[C@H](CCn2c(-c3ccccc3)nc3ccccc32)O1. The zero-order chi connectivity index (χ0) is 17.2. The Morgan fingerprint density at radius 3 is 2.68 bits per heavy atom. The van der Waals surface area contributed by atoms with Gasteiger partial charge in [-0.25, -0.2) is 4.98 Å². The van der Waals surface area contributed by atoms with E-state index in [9.17, 15) is 9.90 Å². The second-order valence-corrected chi connectivity index (χ2v) is 6.44. The number of esters is 1. The summed E-state index contributed by atoms with van der Waals surface area (Å²) < 4.78 is 7.55. The number of nitrogens with zero attached hydrogens (tertiary/aromatic N) is 2. The van der Waals surface area contributed by atoms with Crippen LogP contribution in [0.4, 0.5) is 0 Å². The quantitative estimate of drug-likeness (QED) is 0.743. The molecule has 1 saturated heterocycles. The molecule has 5 nitrogen and oxygen atoms in total. The van der Waals surface area contributed by atoms with E-state index in [-0.39, 0.29) is 18.5 Å². The number of rotatable bonds is 4. The molecule has 0 bridgehead atoms. The molecule has 0 unspecified atom stereocenters. The van der Waals surface area contributed by atoms with Gasteiger partial charge in [0.2, 0.25) is 0 Å². The summed E-state index contributed by atoms with van der Waals surface area (Å²) in [6, 6.07) is 18.1. The highest BCUT2D eigenvalue weighted by molar-refractivity contribution is 5.80. The van der Waals surface area contributed by atoms with Crippen LogP contribution in [0.5, 0.6) is 0 Å². The summed E-state index contributed by atoms with van der Waals surface area (Å²) in [5.41, 5.74) is 3.06. The fourth-order valence-electron chi connectivity index (χ4n) is 3.42. The first kappa shape index (κ1) is 15.8. The van der Waals surface area contributed by atoms with Gasteiger partial charge in [0.05, 0.1) is 23.6 Å². The minimum Gasteiger partial charge on any atom is -0.462 e. The largest absolute Gasteiger partial charge is 0.462 e. The molecule has 1 aromatic heterocycles. The van der Waals surface area contributed by atoms with E-state index in [4.69, 9.17) is 9.72 Å². The van der Waals surface area contributed by atoms with E-state index in [2.05, 4.69) is 10.6 Å². The molecule has 4 rings (SSSR count). The summed E-state index contributed by atoms with van der Waals surface area (Å²) >= 11 is 0. The maximum atomic E-state index is 11.5. The number of aryl methyl sites for hydroxylation is 1. The van der Waals surface area contributed by atoms with Crippen LogP contribution in [-0.2, 0) is 16.1 Å². The van der Waals surface area contributed by atoms with E-state index in [0.29, 0.717) is 19.4 Å². The second kappa shape index (κ2) is 6.69. The molecule has 0 saturated carbocycles. The number of aliphatic hydroxyl groups excluding tert-OH is 1. The highest BCUT2D eigenvalue weighted by Crippen LogP contribution is 2.26. The lowest BCUT2D eigenvalue weighted by atomic mass is 10.0. The number of cyclic esters (lactones) is 1. The minimum absolute atomic E-state index is 0.0970. The van der Waals surface area contributed by atoms with Gasteiger partial charge in [-0.3, -0.25) is 4.79 Å². The van der Waals surface area contributed by atoms with Crippen molar-refractivity contribution in [2.24, 2.45) is 0 Å². The van der Waals surface area contributed by atoms with E-state index in [0.717, 1.165) is 22.4 Å². The molecule has 0 spiro atoms. The van der Waals surface area contributed by atoms with Gasteiger partial charge in [0.1, 0.15) is 11.9 Å². The average molecular weight is 336 g/mol. The summed E-state index contributed by atoms with van der Waals surface area (Å²) in [6.45, 7) is 0.676. The highest BCUT2D eigenvalue weighted by Gasteiger charge is 2.27. The molecule has 25 heavy (non-hydrogen) atoms. The summed E-state index contributed by atoms with van der Waals surface area (Å²) in [5, 5.41) is 9.79. The predicted molar refractivity (Wildman–Crippen MR) is 94.9 cm³/mol. The first-order chi connectivity index (χ1) is 12.2. The third kappa shape index (κ3) is 3.28. The maximum absolute atomic E-state index is 11.5. The van der Waals surface area contributed by atoms with Gasteiger partial charge in [0, 0.05) is 24.9 Å². The van der Waals surface area contributed by atoms with Gasteiger partial charge in [0.15, 0.2) is 0 Å². The molecule has 2 heterocycles. The van der Waals surface area contributed by atoms with Crippen LogP contribution in [0.15, 0.2) is 54.6 Å². The fraction of sp³-hybridized carbons (Fsp3) is 0.300. The van der Waals surface area contributed by atoms with Gasteiger partial charge in [-0.05, 0) is 12.1 Å². The van der Waals surface area contributed by atoms with Gasteiger partial charge < -0.3 is 14.4 Å². The Hall–Kier alpha value is -2.66. The summed E-state index contributed by atoms with van der Waals surface area (Å²) in [5.74, 6) is 0.590. The molecule has 0 aliphatic carbocycles. The van der Waals surface area contributed by atoms with Crippen LogP contribution < -0.4 is 0 Å². The van der Waals surface area contributed by atoms with Gasteiger partial charge >= 0.3 is 5.97 Å². The number of hydrogen-bond donors (Lipinski definition) is 1. The molecule has 2 atom stereocenters. The zero-order valence-electron chi connectivity index (χ0n) is 13.8. The fourth-order valence-corrected chi connectivity index (χ4v) is 3.42. The van der Waals surface area contributed by atoms with Crippen molar-refractivity contribution < 1.29 is 14.6 Å². The summed E-state index contributed by atoms with van der Waals surface area (Å²) in [4.78, 5) is 16.3. The van der Waals surface area contributed by atoms with Gasteiger partial charge in [0.25, 0.3) is 0 Å². The van der Waals surface area contributed by atoms with Crippen molar-refractivity contribution in [1.82, 2.24) is 9.55 Å². The third-order valence-corrected chi connectivity index (χ3v) is 4.60. The van der Waals surface area contributed by atoms with Gasteiger partial charge in [-0.2, -0.15) is 0 Å². The number of imidazole rings is 1. The maximum Gasteiger partial charge on any atom is 0.308 e. The lowest BCUT2D eigenvalue weighted by Crippen LogP contribution is -2.33. The van der Waals surface area contributed by atoms with Crippen LogP contribution in [0.2, 0.25) is 0 Å². The number of carbonyl (C=O) groups excluding carboxylic acids is 1. The molecular weight excluding hydrogens is 316 g/mol. The second-order valence-electron chi connectivity index (χ2n) is 6.44. The van der Waals surface area contributed by atoms with Crippen LogP contribution in [0.1, 0.15) is 19.3 Å². The van der Waals surface area contributed by atoms with E-state index >= 15 is 0 Å². The Kier molecular flexibility index (Phi) is 4.24. The number of carbonyl (C=O) groups is 1. The predicted octanol–water partition coefficient (Wildman–Crippen LogP) is 3.16. The lowest BCUT2D eigenvalue weighted by molar-refractivity contribution is -0.160. The van der Waals surface area contributed by atoms with Crippen molar-refractivity contribution in [2.75, 3.05) is 0 Å². The van der Waals surface area contributed by atoms with Crippen molar-refractivity contribution >= 4 is 17.0 Å². The van der Waals surface area contributed by atoms with Crippen molar-refractivity contribution in [3.8, 4) is 11.4 Å². The first-order valence-electron chi connectivity index (χ1n) is 8.59. The van der Waals surface area contributed by atoms with E-state index in [1.807, 2.05) is 48.5 Å². The molecule has 1 fully saturated rings. The molecule has 1 N–H and O–H groups in total. The Morgan fingerprint density at radius 1 is 1.12 bits per heavy atom. The highest BCUT2D eigenvalue weighted by atomic mass is 16.5. The van der Waals surface area contributed by atoms with Gasteiger partial charge in [-0.1, -0.05) is 42.5 Å². The topological polar surface area (TPSA) is 64.3 Å². The Labute approximate surface area is 145 Å². The van der Waals surface area contributed by atoms with Crippen LogP contribution in [0.3, 0.4) is 0 Å². The van der Waals surface area contributed by atoms with Crippen molar-refractivity contribution in [2.45, 2.75) is 38.0 Å². The van der Waals surface area contributed by atoms with Crippen LogP contribution in [-0.4, -0.2) is 32.8 Å². The standard InChI is InChI=1S/C20H20N2O3/c23-15-12-16(25-19(24)13-15)10-11-22-18-9-5-4-8-17(18)21-20(22)14-6-2-1-3-7-14/h1-9,15-16,23H,10-13H2/t15-,16-/m0/s1. The molecule has 1 aliphatic heterocycles. The molecule has 128 valence electrons. The molecule has 0 amide bonds. The third-order valence-electron chi connectivity index (χ3n) is 4.60. The number of hydrogen-bond acceptors (Lipinski definition) is 4. The monoisotopic (exact) mass is 336 g/mol. The zero-order valence-corrected chi connectivity index (χ0v) is 13.8. The number of benzene rings is 2. The first-order valence-corrected chi connectivity index (χ1v) is 8.59. The molecule has 5 heteroatoms. The molecular formula is C20H20N2O3. The Morgan fingerprint density at radius 2 is 1.88 bits per heavy atom. The van der Waals surface area contributed by atoms with Crippen LogP contribution in [0.25, 0.3) is 22.4 Å². The summed E-state index contributed by atoms with van der Waals surface area (Å²) in [7, 11) is 0. The molecule has 0 radical (unpaired) electrons. The van der Waals surface area contributed by atoms with E-state index < -0.39 is 6.10 Å². The number of aromatic nitrogens is 2. The van der Waals surface area contributed by atoms with Crippen LogP contribution in [0, 0.1) is 0 Å². The molecule has 3 aromatic rings.